The number of imidazole rings is 1. The highest BCUT2D eigenvalue weighted by Crippen LogP contribution is 2.22. The lowest BCUT2D eigenvalue weighted by atomic mass is 9.94. The topological polar surface area (TPSA) is 57.8 Å². The highest BCUT2D eigenvalue weighted by molar-refractivity contribution is 5.86. The summed E-state index contributed by atoms with van der Waals surface area (Å²) in [5.74, 6) is 1.14. The molecule has 0 aliphatic heterocycles. The number of H-pyrrole nitrogens is 1. The summed E-state index contributed by atoms with van der Waals surface area (Å²) in [6.45, 7) is 0. The van der Waals surface area contributed by atoms with Crippen LogP contribution in [0.1, 0.15) is 49.9 Å². The maximum absolute atomic E-state index is 11.7. The summed E-state index contributed by atoms with van der Waals surface area (Å²) in [6.07, 6.45) is 8.52. The zero-order valence-corrected chi connectivity index (χ0v) is 10.1. The first kappa shape index (κ1) is 10.8. The summed E-state index contributed by atoms with van der Waals surface area (Å²) in [6, 6.07) is -0.0173. The Kier molecular flexibility index (Phi) is 2.87. The average Bonchev–Trinajstić information content (AvgIpc) is 2.74. The van der Waals surface area contributed by atoms with Crippen molar-refractivity contribution in [2.75, 3.05) is 5.32 Å². The molecule has 0 spiro atoms. The monoisotopic (exact) mass is 233 g/mol. The fraction of sp³-hybridized carbons (Fsp3) is 0.692. The predicted octanol–water partition coefficient (Wildman–Crippen LogP) is 2.21. The molecule has 0 radical (unpaired) electrons. The zero-order valence-electron chi connectivity index (χ0n) is 10.1. The number of hydrogen-bond acceptors (Lipinski definition) is 3. The van der Waals surface area contributed by atoms with Crippen molar-refractivity contribution in [2.24, 2.45) is 0 Å². The van der Waals surface area contributed by atoms with Gasteiger partial charge in [0.15, 0.2) is 5.78 Å². The highest BCUT2D eigenvalue weighted by atomic mass is 16.1. The van der Waals surface area contributed by atoms with Gasteiger partial charge in [0.05, 0.1) is 11.7 Å². The lowest BCUT2D eigenvalue weighted by molar-refractivity contribution is -0.121. The van der Waals surface area contributed by atoms with Crippen LogP contribution < -0.4 is 5.32 Å². The minimum atomic E-state index is -0.0173. The lowest BCUT2D eigenvalue weighted by Crippen LogP contribution is -2.32. The molecule has 2 aliphatic rings. The van der Waals surface area contributed by atoms with Crippen molar-refractivity contribution < 1.29 is 4.79 Å². The first-order valence-electron chi connectivity index (χ1n) is 6.70. The van der Waals surface area contributed by atoms with Crippen LogP contribution in [-0.4, -0.2) is 21.8 Å². The normalized spacial score (nSPS) is 24.5. The van der Waals surface area contributed by atoms with Crippen molar-refractivity contribution in [3.63, 3.8) is 0 Å². The van der Waals surface area contributed by atoms with E-state index in [-0.39, 0.29) is 6.04 Å². The Morgan fingerprint density at radius 1 is 1.12 bits per heavy atom. The van der Waals surface area contributed by atoms with Crippen LogP contribution in [0.3, 0.4) is 0 Å². The second-order valence-corrected chi connectivity index (χ2v) is 5.13. The van der Waals surface area contributed by atoms with Crippen LogP contribution in [0.15, 0.2) is 0 Å². The summed E-state index contributed by atoms with van der Waals surface area (Å²) in [7, 11) is 0. The average molecular weight is 233 g/mol. The SMILES string of the molecule is O=C1CCCCC1Nc1nc2c([nH]1)CCCC2. The molecule has 1 aromatic heterocycles. The van der Waals surface area contributed by atoms with Crippen LogP contribution in [-0.2, 0) is 17.6 Å². The molecule has 1 saturated carbocycles. The maximum Gasteiger partial charge on any atom is 0.201 e. The van der Waals surface area contributed by atoms with Crippen LogP contribution in [0.25, 0.3) is 0 Å². The van der Waals surface area contributed by atoms with Gasteiger partial charge in [0.25, 0.3) is 0 Å². The van der Waals surface area contributed by atoms with E-state index in [1.165, 1.54) is 24.2 Å². The molecular formula is C13H19N3O. The van der Waals surface area contributed by atoms with Gasteiger partial charge in [0.2, 0.25) is 5.95 Å². The smallest absolute Gasteiger partial charge is 0.201 e. The third-order valence-corrected chi connectivity index (χ3v) is 3.82. The van der Waals surface area contributed by atoms with E-state index in [1.807, 2.05) is 0 Å². The van der Waals surface area contributed by atoms with E-state index in [9.17, 15) is 4.79 Å². The van der Waals surface area contributed by atoms with Gasteiger partial charge in [0.1, 0.15) is 0 Å². The molecule has 4 heteroatoms. The standard InChI is InChI=1S/C13H19N3O/c17-12-8-4-3-7-11(12)16-13-14-9-5-1-2-6-10(9)15-13/h11H,1-8H2,(H2,14,15,16). The number of rotatable bonds is 2. The molecule has 1 aromatic rings. The van der Waals surface area contributed by atoms with Crippen LogP contribution in [0.4, 0.5) is 5.95 Å². The van der Waals surface area contributed by atoms with Crippen molar-refractivity contribution >= 4 is 11.7 Å². The lowest BCUT2D eigenvalue weighted by Gasteiger charge is -2.21. The fourth-order valence-electron chi connectivity index (χ4n) is 2.82. The third-order valence-electron chi connectivity index (χ3n) is 3.82. The molecule has 1 atom stereocenters. The molecule has 1 unspecified atom stereocenters. The number of aromatic nitrogens is 2. The molecule has 0 saturated heterocycles. The molecule has 2 aliphatic carbocycles. The van der Waals surface area contributed by atoms with Crippen molar-refractivity contribution in [2.45, 2.75) is 57.4 Å². The molecule has 92 valence electrons. The number of anilines is 1. The van der Waals surface area contributed by atoms with Gasteiger partial charge in [-0.05, 0) is 38.5 Å². The van der Waals surface area contributed by atoms with E-state index in [0.29, 0.717) is 5.78 Å². The molecule has 4 nitrogen and oxygen atoms in total. The molecule has 1 fully saturated rings. The summed E-state index contributed by atoms with van der Waals surface area (Å²) in [5.41, 5.74) is 2.46. The summed E-state index contributed by atoms with van der Waals surface area (Å²) < 4.78 is 0. The molecular weight excluding hydrogens is 214 g/mol. The van der Waals surface area contributed by atoms with Gasteiger partial charge in [0, 0.05) is 12.1 Å². The Hall–Kier alpha value is -1.32. The number of ketones is 1. The molecule has 1 heterocycles. The molecule has 0 aromatic carbocycles. The zero-order chi connectivity index (χ0) is 11.7. The van der Waals surface area contributed by atoms with Gasteiger partial charge in [-0.3, -0.25) is 4.79 Å². The minimum Gasteiger partial charge on any atom is -0.346 e. The van der Waals surface area contributed by atoms with Crippen LogP contribution in [0.2, 0.25) is 0 Å². The molecule has 2 N–H and O–H groups in total. The highest BCUT2D eigenvalue weighted by Gasteiger charge is 2.23. The first-order chi connectivity index (χ1) is 8.33. The molecule has 3 rings (SSSR count). The molecule has 0 bridgehead atoms. The Labute approximate surface area is 101 Å². The minimum absolute atomic E-state index is 0.0173. The fourth-order valence-corrected chi connectivity index (χ4v) is 2.82. The Morgan fingerprint density at radius 3 is 2.76 bits per heavy atom. The van der Waals surface area contributed by atoms with Gasteiger partial charge in [-0.15, -0.1) is 0 Å². The van der Waals surface area contributed by atoms with Crippen molar-refractivity contribution in [3.05, 3.63) is 11.4 Å². The second kappa shape index (κ2) is 4.51. The first-order valence-corrected chi connectivity index (χ1v) is 6.70. The number of hydrogen-bond donors (Lipinski definition) is 2. The second-order valence-electron chi connectivity index (χ2n) is 5.13. The molecule has 0 amide bonds. The number of nitrogens with one attached hydrogen (secondary N) is 2. The maximum atomic E-state index is 11.7. The number of fused-ring (bicyclic) bond motifs is 1. The number of aromatic amines is 1. The Bertz CT molecular complexity index is 401. The van der Waals surface area contributed by atoms with Gasteiger partial charge >= 0.3 is 0 Å². The van der Waals surface area contributed by atoms with E-state index in [2.05, 4.69) is 15.3 Å². The predicted molar refractivity (Wildman–Crippen MR) is 66.1 cm³/mol. The van der Waals surface area contributed by atoms with Crippen LogP contribution in [0.5, 0.6) is 0 Å². The largest absolute Gasteiger partial charge is 0.346 e. The quantitative estimate of drug-likeness (QED) is 0.823. The van der Waals surface area contributed by atoms with Crippen LogP contribution in [0, 0.1) is 0 Å². The van der Waals surface area contributed by atoms with Crippen molar-refractivity contribution in [1.29, 1.82) is 0 Å². The Morgan fingerprint density at radius 2 is 1.94 bits per heavy atom. The summed E-state index contributed by atoms with van der Waals surface area (Å²) in [5, 5.41) is 3.27. The number of Topliss-reactive ketones (excluding diaryl/α,β-unsaturated/α-hetero) is 1. The van der Waals surface area contributed by atoms with E-state index >= 15 is 0 Å². The number of carbonyl (C=O) groups excluding carboxylic acids is 1. The van der Waals surface area contributed by atoms with E-state index in [1.54, 1.807) is 0 Å². The van der Waals surface area contributed by atoms with Gasteiger partial charge in [-0.25, -0.2) is 4.98 Å². The van der Waals surface area contributed by atoms with Crippen molar-refractivity contribution in [3.8, 4) is 0 Å². The number of aryl methyl sites for hydroxylation is 2. The van der Waals surface area contributed by atoms with Gasteiger partial charge in [-0.1, -0.05) is 6.42 Å². The Balaban J connectivity index is 1.71. The van der Waals surface area contributed by atoms with Crippen molar-refractivity contribution in [1.82, 2.24) is 9.97 Å². The third kappa shape index (κ3) is 2.21. The van der Waals surface area contributed by atoms with E-state index in [0.717, 1.165) is 44.5 Å². The molecule has 17 heavy (non-hydrogen) atoms. The van der Waals surface area contributed by atoms with Gasteiger partial charge in [-0.2, -0.15) is 0 Å². The van der Waals surface area contributed by atoms with Gasteiger partial charge < -0.3 is 10.3 Å². The number of carbonyl (C=O) groups is 1. The van der Waals surface area contributed by atoms with E-state index < -0.39 is 0 Å². The summed E-state index contributed by atoms with van der Waals surface area (Å²) in [4.78, 5) is 19.6. The summed E-state index contributed by atoms with van der Waals surface area (Å²) >= 11 is 0. The number of nitrogens with zero attached hydrogens (tertiary/aromatic N) is 1. The van der Waals surface area contributed by atoms with Crippen LogP contribution >= 0.6 is 0 Å². The van der Waals surface area contributed by atoms with E-state index in [4.69, 9.17) is 0 Å².